The van der Waals surface area contributed by atoms with Gasteiger partial charge in [-0.2, -0.15) is 0 Å². The summed E-state index contributed by atoms with van der Waals surface area (Å²) in [5, 5.41) is 0. The Labute approximate surface area is 151 Å². The lowest BCUT2D eigenvalue weighted by Gasteiger charge is -2.36. The second-order valence-corrected chi connectivity index (χ2v) is 7.39. The Bertz CT molecular complexity index is 648. The van der Waals surface area contributed by atoms with Gasteiger partial charge in [0.2, 0.25) is 0 Å². The van der Waals surface area contributed by atoms with E-state index in [-0.39, 0.29) is 17.9 Å². The van der Waals surface area contributed by atoms with Gasteiger partial charge in [-0.25, -0.2) is 0 Å². The van der Waals surface area contributed by atoms with Crippen LogP contribution in [0.5, 0.6) is 0 Å². The molecule has 1 aromatic rings. The molecule has 0 aliphatic carbocycles. The predicted molar refractivity (Wildman–Crippen MR) is 95.1 cm³/mol. The maximum Gasteiger partial charge on any atom is 0.254 e. The summed E-state index contributed by atoms with van der Waals surface area (Å²) in [6.45, 7) is 6.96. The molecule has 0 spiro atoms. The molecule has 2 heterocycles. The number of nitrogens with zero attached hydrogens (tertiary/aromatic N) is 2. The Hall–Kier alpha value is -1.40. The molecule has 2 aliphatic heterocycles. The Balaban J connectivity index is 1.63. The van der Waals surface area contributed by atoms with Crippen molar-refractivity contribution < 1.29 is 14.3 Å². The van der Waals surface area contributed by atoms with Gasteiger partial charge < -0.3 is 14.5 Å². The average Bonchev–Trinajstić information content (AvgIpc) is 3.11. The fourth-order valence-electron chi connectivity index (χ4n) is 3.33. The Morgan fingerprint density at radius 1 is 1.08 bits per heavy atom. The van der Waals surface area contributed by atoms with Gasteiger partial charge in [0.05, 0.1) is 0 Å². The van der Waals surface area contributed by atoms with Crippen molar-refractivity contribution in [3.05, 3.63) is 33.3 Å². The summed E-state index contributed by atoms with van der Waals surface area (Å²) in [5.74, 6) is 0.117. The highest BCUT2D eigenvalue weighted by molar-refractivity contribution is 9.10. The predicted octanol–water partition coefficient (Wildman–Crippen LogP) is 2.53. The lowest BCUT2D eigenvalue weighted by molar-refractivity contribution is -0.142. The molecular formula is C18H23BrN2O3. The topological polar surface area (TPSA) is 49.9 Å². The number of ether oxygens (including phenoxy) is 1. The van der Waals surface area contributed by atoms with Crippen LogP contribution in [-0.4, -0.2) is 60.5 Å². The second-order valence-electron chi connectivity index (χ2n) is 6.54. The number of carbonyl (C=O) groups excluding carboxylic acids is 2. The molecule has 6 heteroatoms. The third kappa shape index (κ3) is 3.49. The second kappa shape index (κ2) is 7.23. The zero-order chi connectivity index (χ0) is 17.3. The van der Waals surface area contributed by atoms with E-state index in [1.54, 1.807) is 0 Å². The highest BCUT2D eigenvalue weighted by Crippen LogP contribution is 2.23. The van der Waals surface area contributed by atoms with E-state index in [4.69, 9.17) is 4.74 Å². The average molecular weight is 395 g/mol. The van der Waals surface area contributed by atoms with E-state index in [9.17, 15) is 9.59 Å². The monoisotopic (exact) mass is 394 g/mol. The van der Waals surface area contributed by atoms with Crippen LogP contribution in [0.3, 0.4) is 0 Å². The first-order chi connectivity index (χ1) is 11.5. The van der Waals surface area contributed by atoms with Crippen LogP contribution in [0.4, 0.5) is 0 Å². The third-order valence-electron chi connectivity index (χ3n) is 4.82. The lowest BCUT2D eigenvalue weighted by atomic mass is 10.0. The summed E-state index contributed by atoms with van der Waals surface area (Å²) in [5.41, 5.74) is 2.83. The van der Waals surface area contributed by atoms with E-state index in [1.807, 2.05) is 35.8 Å². The molecule has 0 aromatic heterocycles. The molecule has 0 saturated carbocycles. The molecule has 1 aromatic carbocycles. The molecule has 2 fully saturated rings. The summed E-state index contributed by atoms with van der Waals surface area (Å²) in [7, 11) is 0. The molecule has 2 aliphatic rings. The van der Waals surface area contributed by atoms with Gasteiger partial charge in [0, 0.05) is 42.8 Å². The first kappa shape index (κ1) is 17.4. The molecule has 2 amide bonds. The number of hydrogen-bond donors (Lipinski definition) is 0. The number of benzene rings is 1. The normalized spacial score (nSPS) is 21.2. The number of piperazine rings is 1. The molecule has 0 bridgehead atoms. The minimum Gasteiger partial charge on any atom is -0.368 e. The van der Waals surface area contributed by atoms with E-state index < -0.39 is 0 Å². The van der Waals surface area contributed by atoms with Crippen molar-refractivity contribution in [2.75, 3.05) is 32.8 Å². The van der Waals surface area contributed by atoms with E-state index in [1.165, 1.54) is 0 Å². The van der Waals surface area contributed by atoms with Gasteiger partial charge in [-0.15, -0.1) is 0 Å². The van der Waals surface area contributed by atoms with Crippen molar-refractivity contribution in [1.29, 1.82) is 0 Å². The summed E-state index contributed by atoms with van der Waals surface area (Å²) in [6.07, 6.45) is 1.49. The quantitative estimate of drug-likeness (QED) is 0.774. The fourth-order valence-corrected chi connectivity index (χ4v) is 3.68. The zero-order valence-corrected chi connectivity index (χ0v) is 15.8. The van der Waals surface area contributed by atoms with Gasteiger partial charge in [-0.05, 0) is 43.9 Å². The molecule has 0 unspecified atom stereocenters. The lowest BCUT2D eigenvalue weighted by Crippen LogP contribution is -2.52. The molecule has 1 atom stereocenters. The highest BCUT2D eigenvalue weighted by atomic mass is 79.9. The number of aryl methyl sites for hydroxylation is 2. The van der Waals surface area contributed by atoms with Crippen molar-refractivity contribution in [2.24, 2.45) is 0 Å². The van der Waals surface area contributed by atoms with Gasteiger partial charge in [-0.3, -0.25) is 9.59 Å². The SMILES string of the molecule is Cc1cc(C)c(C(=O)N2CCN(C(=O)[C@@H]3CCCO3)CC2)cc1Br. The molecule has 0 N–H and O–H groups in total. The fraction of sp³-hybridized carbons (Fsp3) is 0.556. The van der Waals surface area contributed by atoms with Crippen LogP contribution in [0, 0.1) is 13.8 Å². The maximum atomic E-state index is 12.8. The molecule has 3 rings (SSSR count). The standard InChI is InChI=1S/C18H23BrN2O3/c1-12-10-13(2)15(19)11-14(12)17(22)20-5-7-21(8-6-20)18(23)16-4-3-9-24-16/h10-11,16H,3-9H2,1-2H3/t16-/m0/s1. The van der Waals surface area contributed by atoms with Crippen molar-refractivity contribution in [3.8, 4) is 0 Å². The molecule has 130 valence electrons. The minimum absolute atomic E-state index is 0.0393. The Morgan fingerprint density at radius 3 is 2.38 bits per heavy atom. The Kier molecular flexibility index (Phi) is 5.25. The van der Waals surface area contributed by atoms with Crippen LogP contribution in [0.25, 0.3) is 0 Å². The minimum atomic E-state index is -0.275. The number of carbonyl (C=O) groups is 2. The molecule has 24 heavy (non-hydrogen) atoms. The summed E-state index contributed by atoms with van der Waals surface area (Å²) in [6, 6.07) is 3.92. The van der Waals surface area contributed by atoms with Crippen molar-refractivity contribution >= 4 is 27.7 Å². The maximum absolute atomic E-state index is 12.8. The van der Waals surface area contributed by atoms with Crippen LogP contribution in [0.2, 0.25) is 0 Å². The van der Waals surface area contributed by atoms with E-state index in [0.717, 1.165) is 34.0 Å². The van der Waals surface area contributed by atoms with Crippen molar-refractivity contribution in [1.82, 2.24) is 9.80 Å². The van der Waals surface area contributed by atoms with Crippen LogP contribution >= 0.6 is 15.9 Å². The molecular weight excluding hydrogens is 372 g/mol. The number of halogens is 1. The third-order valence-corrected chi connectivity index (χ3v) is 5.67. The summed E-state index contributed by atoms with van der Waals surface area (Å²) in [4.78, 5) is 28.8. The smallest absolute Gasteiger partial charge is 0.254 e. The van der Waals surface area contributed by atoms with Gasteiger partial charge in [0.15, 0.2) is 0 Å². The summed E-state index contributed by atoms with van der Waals surface area (Å²) < 4.78 is 6.42. The van der Waals surface area contributed by atoms with Crippen LogP contribution in [0.1, 0.15) is 34.3 Å². The van der Waals surface area contributed by atoms with Gasteiger partial charge in [0.1, 0.15) is 6.10 Å². The first-order valence-corrected chi connectivity index (χ1v) is 9.23. The molecule has 5 nitrogen and oxygen atoms in total. The van der Waals surface area contributed by atoms with E-state index in [0.29, 0.717) is 32.8 Å². The Morgan fingerprint density at radius 2 is 1.75 bits per heavy atom. The zero-order valence-electron chi connectivity index (χ0n) is 14.2. The number of amides is 2. The first-order valence-electron chi connectivity index (χ1n) is 8.44. The van der Waals surface area contributed by atoms with Crippen molar-refractivity contribution in [3.63, 3.8) is 0 Å². The van der Waals surface area contributed by atoms with Gasteiger partial charge >= 0.3 is 0 Å². The van der Waals surface area contributed by atoms with E-state index >= 15 is 0 Å². The van der Waals surface area contributed by atoms with Crippen molar-refractivity contribution in [2.45, 2.75) is 32.8 Å². The highest BCUT2D eigenvalue weighted by Gasteiger charge is 2.31. The summed E-state index contributed by atoms with van der Waals surface area (Å²) >= 11 is 3.50. The van der Waals surface area contributed by atoms with Gasteiger partial charge in [-0.1, -0.05) is 22.0 Å². The molecule has 0 radical (unpaired) electrons. The molecule has 2 saturated heterocycles. The van der Waals surface area contributed by atoms with Crippen LogP contribution < -0.4 is 0 Å². The van der Waals surface area contributed by atoms with Crippen LogP contribution in [-0.2, 0) is 9.53 Å². The number of rotatable bonds is 2. The largest absolute Gasteiger partial charge is 0.368 e. The van der Waals surface area contributed by atoms with Gasteiger partial charge in [0.25, 0.3) is 11.8 Å². The van der Waals surface area contributed by atoms with E-state index in [2.05, 4.69) is 15.9 Å². The number of hydrogen-bond acceptors (Lipinski definition) is 3. The van der Waals surface area contributed by atoms with Crippen LogP contribution in [0.15, 0.2) is 16.6 Å².